The maximum absolute atomic E-state index is 10.00. The van der Waals surface area contributed by atoms with Gasteiger partial charge in [-0.3, -0.25) is 4.99 Å². The quantitative estimate of drug-likeness (QED) is 0.708. The summed E-state index contributed by atoms with van der Waals surface area (Å²) in [5.74, 6) is 0.855. The molecule has 2 aliphatic heterocycles. The summed E-state index contributed by atoms with van der Waals surface area (Å²) in [6.45, 7) is 3.96. The van der Waals surface area contributed by atoms with E-state index in [1.807, 2.05) is 0 Å². The standard InChI is InChI=1S/C15H28N2O2S/c1-2-3-4-5-6-7-9-16-15-17-10-8-13(18)14(19)12(17)11-20-15/h12-14,18-19H,2-11H2,1H3/t12-,13-,14-/m1/s1. The highest BCUT2D eigenvalue weighted by Gasteiger charge is 2.41. The molecule has 2 aliphatic rings. The fourth-order valence-electron chi connectivity index (χ4n) is 2.92. The van der Waals surface area contributed by atoms with E-state index in [-0.39, 0.29) is 6.04 Å². The molecule has 20 heavy (non-hydrogen) atoms. The molecule has 2 fully saturated rings. The van der Waals surface area contributed by atoms with Crippen molar-refractivity contribution in [3.63, 3.8) is 0 Å². The van der Waals surface area contributed by atoms with Crippen molar-refractivity contribution in [3.8, 4) is 0 Å². The van der Waals surface area contributed by atoms with Gasteiger partial charge < -0.3 is 15.1 Å². The molecule has 0 unspecified atom stereocenters. The van der Waals surface area contributed by atoms with Gasteiger partial charge in [0.05, 0.1) is 12.1 Å². The number of nitrogens with zero attached hydrogens (tertiary/aromatic N) is 2. The third kappa shape index (κ3) is 4.12. The Morgan fingerprint density at radius 2 is 1.95 bits per heavy atom. The van der Waals surface area contributed by atoms with Crippen LogP contribution in [0.15, 0.2) is 4.99 Å². The number of thioether (sulfide) groups is 1. The van der Waals surface area contributed by atoms with E-state index in [4.69, 9.17) is 4.99 Å². The fraction of sp³-hybridized carbons (Fsp3) is 0.933. The van der Waals surface area contributed by atoms with E-state index >= 15 is 0 Å². The largest absolute Gasteiger partial charge is 0.390 e. The molecule has 5 heteroatoms. The minimum absolute atomic E-state index is 0.0621. The molecule has 0 saturated carbocycles. The highest BCUT2D eigenvalue weighted by molar-refractivity contribution is 8.14. The number of amidine groups is 1. The van der Waals surface area contributed by atoms with E-state index in [0.717, 1.165) is 30.4 Å². The average Bonchev–Trinajstić information content (AvgIpc) is 2.86. The summed E-state index contributed by atoms with van der Waals surface area (Å²) in [6, 6.07) is 0.0621. The van der Waals surface area contributed by atoms with Crippen molar-refractivity contribution in [1.29, 1.82) is 0 Å². The van der Waals surface area contributed by atoms with Crippen molar-refractivity contribution in [1.82, 2.24) is 4.90 Å². The second kappa shape index (κ2) is 8.25. The van der Waals surface area contributed by atoms with Crippen LogP contribution in [0.25, 0.3) is 0 Å². The van der Waals surface area contributed by atoms with Gasteiger partial charge in [0.1, 0.15) is 6.10 Å². The fourth-order valence-corrected chi connectivity index (χ4v) is 4.19. The lowest BCUT2D eigenvalue weighted by atomic mass is 9.98. The molecular weight excluding hydrogens is 272 g/mol. The maximum atomic E-state index is 10.00. The first-order valence-corrected chi connectivity index (χ1v) is 9.02. The zero-order chi connectivity index (χ0) is 14.4. The molecule has 0 radical (unpaired) electrons. The molecule has 0 spiro atoms. The van der Waals surface area contributed by atoms with Crippen molar-refractivity contribution >= 4 is 16.9 Å². The van der Waals surface area contributed by atoms with Gasteiger partial charge in [-0.2, -0.15) is 0 Å². The summed E-state index contributed by atoms with van der Waals surface area (Å²) in [4.78, 5) is 6.89. The van der Waals surface area contributed by atoms with Crippen LogP contribution in [0.5, 0.6) is 0 Å². The van der Waals surface area contributed by atoms with Gasteiger partial charge in [-0.05, 0) is 12.8 Å². The van der Waals surface area contributed by atoms with Crippen LogP contribution in [0.1, 0.15) is 51.9 Å². The lowest BCUT2D eigenvalue weighted by Gasteiger charge is -2.37. The number of hydrogen-bond acceptors (Lipinski definition) is 4. The second-order valence-corrected chi connectivity index (χ2v) is 6.84. The van der Waals surface area contributed by atoms with Gasteiger partial charge in [0.2, 0.25) is 0 Å². The van der Waals surface area contributed by atoms with E-state index in [9.17, 15) is 10.2 Å². The maximum Gasteiger partial charge on any atom is 0.159 e. The Hall–Kier alpha value is -0.260. The van der Waals surface area contributed by atoms with E-state index in [2.05, 4.69) is 11.8 Å². The van der Waals surface area contributed by atoms with Gasteiger partial charge in [0.25, 0.3) is 0 Å². The van der Waals surface area contributed by atoms with Gasteiger partial charge in [-0.15, -0.1) is 0 Å². The zero-order valence-electron chi connectivity index (χ0n) is 12.5. The number of aliphatic hydroxyl groups is 2. The smallest absolute Gasteiger partial charge is 0.159 e. The molecule has 0 aliphatic carbocycles. The number of aliphatic hydroxyl groups excluding tert-OH is 2. The monoisotopic (exact) mass is 300 g/mol. The molecule has 116 valence electrons. The lowest BCUT2D eigenvalue weighted by Crippen LogP contribution is -2.53. The predicted molar refractivity (Wildman–Crippen MR) is 85.3 cm³/mol. The molecule has 2 heterocycles. The first-order chi connectivity index (χ1) is 9.74. The van der Waals surface area contributed by atoms with Gasteiger partial charge >= 0.3 is 0 Å². The number of fused-ring (bicyclic) bond motifs is 1. The molecule has 3 atom stereocenters. The predicted octanol–water partition coefficient (Wildman–Crippen LogP) is 2.25. The molecule has 4 nitrogen and oxygen atoms in total. The molecule has 0 aromatic carbocycles. The number of unbranched alkanes of at least 4 members (excludes halogenated alkanes) is 5. The Bertz CT molecular complexity index is 325. The van der Waals surface area contributed by atoms with Crippen LogP contribution >= 0.6 is 11.8 Å². The van der Waals surface area contributed by atoms with E-state index in [1.54, 1.807) is 11.8 Å². The number of piperidine rings is 1. The summed E-state index contributed by atoms with van der Waals surface area (Å²) >= 11 is 1.73. The van der Waals surface area contributed by atoms with E-state index in [0.29, 0.717) is 6.42 Å². The zero-order valence-corrected chi connectivity index (χ0v) is 13.3. The summed E-state index contributed by atoms with van der Waals surface area (Å²) in [5, 5.41) is 20.8. The Morgan fingerprint density at radius 3 is 2.75 bits per heavy atom. The first-order valence-electron chi connectivity index (χ1n) is 8.04. The second-order valence-electron chi connectivity index (χ2n) is 5.85. The summed E-state index contributed by atoms with van der Waals surface area (Å²) < 4.78 is 0. The summed E-state index contributed by atoms with van der Waals surface area (Å²) in [6.07, 6.45) is 7.22. The molecule has 0 bridgehead atoms. The van der Waals surface area contributed by atoms with Gasteiger partial charge in [-0.1, -0.05) is 50.8 Å². The van der Waals surface area contributed by atoms with Gasteiger partial charge in [-0.25, -0.2) is 0 Å². The molecular formula is C15H28N2O2S. The van der Waals surface area contributed by atoms with Crippen molar-refractivity contribution < 1.29 is 10.2 Å². The van der Waals surface area contributed by atoms with Crippen molar-refractivity contribution in [2.45, 2.75) is 70.1 Å². The van der Waals surface area contributed by atoms with E-state index in [1.165, 1.54) is 32.1 Å². The molecule has 2 N–H and O–H groups in total. The molecule has 0 aromatic heterocycles. The Kier molecular flexibility index (Phi) is 6.65. The Labute approximate surface area is 126 Å². The Morgan fingerprint density at radius 1 is 1.20 bits per heavy atom. The van der Waals surface area contributed by atoms with Crippen LogP contribution in [0.3, 0.4) is 0 Å². The lowest BCUT2D eigenvalue weighted by molar-refractivity contribution is -0.0470. The highest BCUT2D eigenvalue weighted by Crippen LogP contribution is 2.31. The van der Waals surface area contributed by atoms with Crippen molar-refractivity contribution in [3.05, 3.63) is 0 Å². The third-order valence-electron chi connectivity index (χ3n) is 4.24. The third-order valence-corrected chi connectivity index (χ3v) is 5.37. The SMILES string of the molecule is CCCCCCCCN=C1SC[C@@H]2[C@@H](O)[C@H](O)CCN12. The van der Waals surface area contributed by atoms with Crippen molar-refractivity contribution in [2.75, 3.05) is 18.8 Å². The van der Waals surface area contributed by atoms with E-state index < -0.39 is 12.2 Å². The topological polar surface area (TPSA) is 56.1 Å². The molecule has 0 amide bonds. The minimum atomic E-state index is -0.613. The molecule has 0 aromatic rings. The number of aliphatic imine (C=N–C) groups is 1. The van der Waals surface area contributed by atoms with Crippen LogP contribution in [-0.4, -0.2) is 57.4 Å². The van der Waals surface area contributed by atoms with Crippen LogP contribution < -0.4 is 0 Å². The number of hydrogen-bond donors (Lipinski definition) is 2. The van der Waals surface area contributed by atoms with Crippen LogP contribution in [0, 0.1) is 0 Å². The van der Waals surface area contributed by atoms with Gasteiger partial charge in [0, 0.05) is 18.8 Å². The van der Waals surface area contributed by atoms with Gasteiger partial charge in [0.15, 0.2) is 5.17 Å². The average molecular weight is 300 g/mol. The molecule has 2 rings (SSSR count). The summed E-state index contributed by atoms with van der Waals surface area (Å²) in [5.41, 5.74) is 0. The number of rotatable bonds is 7. The minimum Gasteiger partial charge on any atom is -0.390 e. The van der Waals surface area contributed by atoms with Crippen LogP contribution in [0.2, 0.25) is 0 Å². The summed E-state index contributed by atoms with van der Waals surface area (Å²) in [7, 11) is 0. The highest BCUT2D eigenvalue weighted by atomic mass is 32.2. The first kappa shape index (κ1) is 16.1. The molecule has 2 saturated heterocycles. The van der Waals surface area contributed by atoms with Crippen LogP contribution in [-0.2, 0) is 0 Å². The Balaban J connectivity index is 1.70. The van der Waals surface area contributed by atoms with Crippen LogP contribution in [0.4, 0.5) is 0 Å². The van der Waals surface area contributed by atoms with Crippen molar-refractivity contribution in [2.24, 2.45) is 4.99 Å². The normalized spacial score (nSPS) is 31.9.